The molecule has 0 saturated heterocycles. The maximum Gasteiger partial charge on any atom is 0.387 e. The minimum absolute atomic E-state index is 0.0634. The van der Waals surface area contributed by atoms with Crippen LogP contribution in [0.3, 0.4) is 0 Å². The molecule has 0 radical (unpaired) electrons. The minimum atomic E-state index is -3.03. The molecule has 170 valence electrons. The number of carbonyl (C=O) groups excluding carboxylic acids is 1. The van der Waals surface area contributed by atoms with Crippen molar-refractivity contribution in [3.63, 3.8) is 0 Å². The monoisotopic (exact) mass is 459 g/mol. The van der Waals surface area contributed by atoms with E-state index in [1.807, 2.05) is 0 Å². The standard InChI is InChI=1S/C23H17F4N3O3/c1-32-15-6-2-12(3-7-15)16-11-14(5-9-19(16)33-23(26)27)28-22(31)13-4-8-17-18(10-13)30-21(29-17)20(24)25/h2-11,20,23H,1H3,(H,28,31)(H,29,30). The summed E-state index contributed by atoms with van der Waals surface area (Å²) in [6.07, 6.45) is -2.76. The van der Waals surface area contributed by atoms with Crippen LogP contribution in [0.1, 0.15) is 22.6 Å². The zero-order valence-corrected chi connectivity index (χ0v) is 17.1. The number of nitrogens with one attached hydrogen (secondary N) is 2. The molecule has 1 heterocycles. The Morgan fingerprint density at radius 2 is 1.76 bits per heavy atom. The predicted molar refractivity (Wildman–Crippen MR) is 114 cm³/mol. The van der Waals surface area contributed by atoms with Gasteiger partial charge in [-0.3, -0.25) is 4.79 Å². The van der Waals surface area contributed by atoms with Gasteiger partial charge in [0.15, 0.2) is 5.82 Å². The Labute approximate surface area is 185 Å². The average molecular weight is 459 g/mol. The predicted octanol–water partition coefficient (Wildman–Crippen LogP) is 6.03. The number of halogens is 4. The van der Waals surface area contributed by atoms with Gasteiger partial charge in [0.2, 0.25) is 0 Å². The number of fused-ring (bicyclic) bond motifs is 1. The Morgan fingerprint density at radius 1 is 1.00 bits per heavy atom. The zero-order chi connectivity index (χ0) is 23.5. The zero-order valence-electron chi connectivity index (χ0n) is 17.1. The van der Waals surface area contributed by atoms with Crippen LogP contribution in [-0.2, 0) is 0 Å². The first-order chi connectivity index (χ1) is 15.8. The average Bonchev–Trinajstić information content (AvgIpc) is 3.24. The van der Waals surface area contributed by atoms with Crippen LogP contribution in [0.2, 0.25) is 0 Å². The van der Waals surface area contributed by atoms with Gasteiger partial charge in [0, 0.05) is 16.8 Å². The second kappa shape index (κ2) is 9.19. The Morgan fingerprint density at radius 3 is 2.42 bits per heavy atom. The van der Waals surface area contributed by atoms with Crippen molar-refractivity contribution >= 4 is 22.6 Å². The minimum Gasteiger partial charge on any atom is -0.497 e. The van der Waals surface area contributed by atoms with Gasteiger partial charge in [-0.25, -0.2) is 13.8 Å². The lowest BCUT2D eigenvalue weighted by molar-refractivity contribution is -0.0494. The van der Waals surface area contributed by atoms with Crippen molar-refractivity contribution in [2.75, 3.05) is 12.4 Å². The molecule has 0 aliphatic rings. The van der Waals surface area contributed by atoms with Crippen molar-refractivity contribution in [2.24, 2.45) is 0 Å². The molecule has 2 N–H and O–H groups in total. The summed E-state index contributed by atoms with van der Waals surface area (Å²) < 4.78 is 61.2. The first kappa shape index (κ1) is 22.1. The van der Waals surface area contributed by atoms with E-state index in [4.69, 9.17) is 4.74 Å². The third-order valence-corrected chi connectivity index (χ3v) is 4.82. The van der Waals surface area contributed by atoms with E-state index in [0.717, 1.165) is 0 Å². The largest absolute Gasteiger partial charge is 0.497 e. The third kappa shape index (κ3) is 4.89. The highest BCUT2D eigenvalue weighted by Gasteiger charge is 2.16. The summed E-state index contributed by atoms with van der Waals surface area (Å²) in [7, 11) is 1.51. The Kier molecular flexibility index (Phi) is 6.16. The highest BCUT2D eigenvalue weighted by Crippen LogP contribution is 2.35. The lowest BCUT2D eigenvalue weighted by Gasteiger charge is -2.14. The Bertz CT molecular complexity index is 1290. The van der Waals surface area contributed by atoms with E-state index in [0.29, 0.717) is 28.1 Å². The molecular formula is C23H17F4N3O3. The molecule has 0 spiro atoms. The fourth-order valence-electron chi connectivity index (χ4n) is 3.28. The van der Waals surface area contributed by atoms with Crippen molar-refractivity contribution in [2.45, 2.75) is 13.0 Å². The number of hydrogen-bond donors (Lipinski definition) is 2. The number of alkyl halides is 4. The third-order valence-electron chi connectivity index (χ3n) is 4.82. The Balaban J connectivity index is 1.63. The summed E-state index contributed by atoms with van der Waals surface area (Å²) in [6.45, 7) is -3.03. The summed E-state index contributed by atoms with van der Waals surface area (Å²) in [6, 6.07) is 15.2. The van der Waals surface area contributed by atoms with E-state index < -0.39 is 24.8 Å². The van der Waals surface area contributed by atoms with Crippen LogP contribution in [0.25, 0.3) is 22.2 Å². The Hall–Kier alpha value is -4.08. The van der Waals surface area contributed by atoms with Crippen LogP contribution in [0.15, 0.2) is 60.7 Å². The second-order valence-corrected chi connectivity index (χ2v) is 6.93. The molecule has 0 fully saturated rings. The lowest BCUT2D eigenvalue weighted by Crippen LogP contribution is -2.12. The van der Waals surface area contributed by atoms with Crippen LogP contribution < -0.4 is 14.8 Å². The fourth-order valence-corrected chi connectivity index (χ4v) is 3.28. The van der Waals surface area contributed by atoms with E-state index >= 15 is 0 Å². The molecular weight excluding hydrogens is 442 g/mol. The number of carbonyl (C=O) groups is 1. The van der Waals surface area contributed by atoms with E-state index in [2.05, 4.69) is 20.0 Å². The van der Waals surface area contributed by atoms with Crippen molar-refractivity contribution in [1.82, 2.24) is 9.97 Å². The molecule has 3 aromatic carbocycles. The number of benzene rings is 3. The fraction of sp³-hybridized carbons (Fsp3) is 0.130. The van der Waals surface area contributed by atoms with E-state index in [1.54, 1.807) is 24.3 Å². The van der Waals surface area contributed by atoms with Gasteiger partial charge in [0.25, 0.3) is 12.3 Å². The normalized spacial score (nSPS) is 11.2. The smallest absolute Gasteiger partial charge is 0.387 e. The first-order valence-corrected chi connectivity index (χ1v) is 9.66. The number of methoxy groups -OCH3 is 1. The molecule has 0 aliphatic heterocycles. The van der Waals surface area contributed by atoms with E-state index in [-0.39, 0.29) is 16.8 Å². The van der Waals surface area contributed by atoms with Crippen LogP contribution in [-0.4, -0.2) is 29.6 Å². The number of rotatable bonds is 7. The molecule has 0 saturated carbocycles. The van der Waals surface area contributed by atoms with Gasteiger partial charge < -0.3 is 19.8 Å². The van der Waals surface area contributed by atoms with Crippen molar-refractivity contribution < 1.29 is 31.8 Å². The maximum absolute atomic E-state index is 12.9. The lowest BCUT2D eigenvalue weighted by atomic mass is 10.0. The van der Waals surface area contributed by atoms with Gasteiger partial charge in [0.05, 0.1) is 18.1 Å². The van der Waals surface area contributed by atoms with Gasteiger partial charge in [0.1, 0.15) is 11.5 Å². The summed E-state index contributed by atoms with van der Waals surface area (Å²) in [4.78, 5) is 19.0. The second-order valence-electron chi connectivity index (χ2n) is 6.93. The molecule has 0 atom stereocenters. The van der Waals surface area contributed by atoms with Gasteiger partial charge in [-0.15, -0.1) is 0 Å². The maximum atomic E-state index is 12.9. The number of amides is 1. The number of imidazole rings is 1. The number of anilines is 1. The molecule has 6 nitrogen and oxygen atoms in total. The molecule has 0 bridgehead atoms. The van der Waals surface area contributed by atoms with Crippen LogP contribution >= 0.6 is 0 Å². The van der Waals surface area contributed by atoms with Crippen LogP contribution in [0.5, 0.6) is 11.5 Å². The molecule has 0 unspecified atom stereocenters. The molecule has 4 rings (SSSR count). The van der Waals surface area contributed by atoms with Crippen molar-refractivity contribution in [3.8, 4) is 22.6 Å². The number of ether oxygens (including phenoxy) is 2. The SMILES string of the molecule is COc1ccc(-c2cc(NC(=O)c3ccc4nc(C(F)F)[nH]c4c3)ccc2OC(F)F)cc1. The highest BCUT2D eigenvalue weighted by atomic mass is 19.3. The summed E-state index contributed by atoms with van der Waals surface area (Å²) >= 11 is 0. The van der Waals surface area contributed by atoms with E-state index in [1.165, 1.54) is 43.5 Å². The summed E-state index contributed by atoms with van der Waals surface area (Å²) in [5.74, 6) is -0.482. The van der Waals surface area contributed by atoms with Gasteiger partial charge >= 0.3 is 6.61 Å². The summed E-state index contributed by atoms with van der Waals surface area (Å²) in [5, 5.41) is 2.68. The molecule has 0 aliphatic carbocycles. The van der Waals surface area contributed by atoms with Crippen molar-refractivity contribution in [3.05, 3.63) is 72.1 Å². The molecule has 1 aromatic heterocycles. The molecule has 10 heteroatoms. The van der Waals surface area contributed by atoms with Gasteiger partial charge in [-0.1, -0.05) is 12.1 Å². The first-order valence-electron chi connectivity index (χ1n) is 9.66. The highest BCUT2D eigenvalue weighted by molar-refractivity contribution is 6.06. The molecule has 4 aromatic rings. The van der Waals surface area contributed by atoms with Crippen LogP contribution in [0, 0.1) is 0 Å². The number of hydrogen-bond acceptors (Lipinski definition) is 4. The quantitative estimate of drug-likeness (QED) is 0.331. The number of nitrogens with zero attached hydrogens (tertiary/aromatic N) is 1. The topological polar surface area (TPSA) is 76.2 Å². The molecule has 33 heavy (non-hydrogen) atoms. The van der Waals surface area contributed by atoms with E-state index in [9.17, 15) is 22.4 Å². The number of aromatic amines is 1. The number of aromatic nitrogens is 2. The number of H-pyrrole nitrogens is 1. The van der Waals surface area contributed by atoms with Gasteiger partial charge in [-0.05, 0) is 54.1 Å². The van der Waals surface area contributed by atoms with Crippen molar-refractivity contribution in [1.29, 1.82) is 0 Å². The van der Waals surface area contributed by atoms with Gasteiger partial charge in [-0.2, -0.15) is 8.78 Å². The van der Waals surface area contributed by atoms with Crippen LogP contribution in [0.4, 0.5) is 23.2 Å². The molecule has 1 amide bonds. The summed E-state index contributed by atoms with van der Waals surface area (Å²) in [5.41, 5.74) is 2.02.